The standard InChI is InChI=1S/C20H27ClO3/c1-22-19-15-18(24-14-10-6-4-3-5-9-13-21)16-11-7-8-12-17(16)20(19)23-2/h7-8,11-12,15H,3-6,9-10,13-14H2,1-2H3. The summed E-state index contributed by atoms with van der Waals surface area (Å²) in [6.45, 7) is 0.717. The molecule has 0 radical (unpaired) electrons. The fourth-order valence-corrected chi connectivity index (χ4v) is 3.05. The highest BCUT2D eigenvalue weighted by Gasteiger charge is 2.13. The molecular formula is C20H27ClO3. The summed E-state index contributed by atoms with van der Waals surface area (Å²) in [5.41, 5.74) is 0. The van der Waals surface area contributed by atoms with Gasteiger partial charge in [0.15, 0.2) is 11.5 Å². The molecule has 0 aromatic heterocycles. The minimum atomic E-state index is 0.701. The van der Waals surface area contributed by atoms with Crippen LogP contribution in [0.5, 0.6) is 17.2 Å². The number of halogens is 1. The molecule has 0 aliphatic rings. The van der Waals surface area contributed by atoms with Gasteiger partial charge in [0, 0.05) is 22.7 Å². The normalized spacial score (nSPS) is 10.8. The molecule has 0 amide bonds. The van der Waals surface area contributed by atoms with E-state index >= 15 is 0 Å². The van der Waals surface area contributed by atoms with Gasteiger partial charge >= 0.3 is 0 Å². The molecular weight excluding hydrogens is 324 g/mol. The highest BCUT2D eigenvalue weighted by molar-refractivity contribution is 6.17. The van der Waals surface area contributed by atoms with E-state index in [1.165, 1.54) is 25.7 Å². The predicted molar refractivity (Wildman–Crippen MR) is 101 cm³/mol. The predicted octanol–water partition coefficient (Wildman–Crippen LogP) is 5.82. The minimum absolute atomic E-state index is 0.701. The number of methoxy groups -OCH3 is 2. The van der Waals surface area contributed by atoms with E-state index in [0.29, 0.717) is 5.75 Å². The highest BCUT2D eigenvalue weighted by Crippen LogP contribution is 2.41. The Balaban J connectivity index is 1.96. The van der Waals surface area contributed by atoms with Crippen LogP contribution in [-0.4, -0.2) is 26.7 Å². The van der Waals surface area contributed by atoms with Crippen molar-refractivity contribution in [2.24, 2.45) is 0 Å². The number of ether oxygens (including phenoxy) is 3. The van der Waals surface area contributed by atoms with Crippen LogP contribution in [0.1, 0.15) is 38.5 Å². The number of hydrogen-bond donors (Lipinski definition) is 0. The number of unbranched alkanes of at least 4 members (excludes halogenated alkanes) is 5. The van der Waals surface area contributed by atoms with Gasteiger partial charge in [0.1, 0.15) is 5.75 Å². The van der Waals surface area contributed by atoms with Crippen molar-refractivity contribution in [3.8, 4) is 17.2 Å². The fraction of sp³-hybridized carbons (Fsp3) is 0.500. The van der Waals surface area contributed by atoms with Crippen LogP contribution in [0.15, 0.2) is 30.3 Å². The highest BCUT2D eigenvalue weighted by atomic mass is 35.5. The van der Waals surface area contributed by atoms with Crippen molar-refractivity contribution in [2.75, 3.05) is 26.7 Å². The smallest absolute Gasteiger partial charge is 0.168 e. The molecule has 2 rings (SSSR count). The first-order chi connectivity index (χ1) is 11.8. The van der Waals surface area contributed by atoms with Crippen LogP contribution < -0.4 is 14.2 Å². The van der Waals surface area contributed by atoms with E-state index in [9.17, 15) is 0 Å². The molecule has 0 fully saturated rings. The molecule has 0 aliphatic heterocycles. The summed E-state index contributed by atoms with van der Waals surface area (Å²) < 4.78 is 17.0. The van der Waals surface area contributed by atoms with Crippen LogP contribution in [0.25, 0.3) is 10.8 Å². The number of rotatable bonds is 11. The van der Waals surface area contributed by atoms with Crippen LogP contribution in [-0.2, 0) is 0 Å². The molecule has 0 saturated heterocycles. The second kappa shape index (κ2) is 10.3. The Bertz CT molecular complexity index is 628. The first kappa shape index (κ1) is 18.7. The van der Waals surface area contributed by atoms with Crippen LogP contribution in [0, 0.1) is 0 Å². The molecule has 3 nitrogen and oxygen atoms in total. The maximum atomic E-state index is 6.03. The van der Waals surface area contributed by atoms with Gasteiger partial charge in [0.2, 0.25) is 0 Å². The van der Waals surface area contributed by atoms with Gasteiger partial charge < -0.3 is 14.2 Å². The second-order valence-electron chi connectivity index (χ2n) is 5.81. The van der Waals surface area contributed by atoms with E-state index in [1.54, 1.807) is 14.2 Å². The van der Waals surface area contributed by atoms with Crippen LogP contribution >= 0.6 is 11.6 Å². The topological polar surface area (TPSA) is 27.7 Å². The molecule has 0 heterocycles. The lowest BCUT2D eigenvalue weighted by Crippen LogP contribution is -2.00. The third-order valence-corrected chi connectivity index (χ3v) is 4.40. The van der Waals surface area contributed by atoms with Crippen molar-refractivity contribution in [3.05, 3.63) is 30.3 Å². The lowest BCUT2D eigenvalue weighted by atomic mass is 10.1. The van der Waals surface area contributed by atoms with Crippen molar-refractivity contribution < 1.29 is 14.2 Å². The Labute approximate surface area is 149 Å². The summed E-state index contributed by atoms with van der Waals surface area (Å²) >= 11 is 5.69. The quantitative estimate of drug-likeness (QED) is 0.377. The van der Waals surface area contributed by atoms with Crippen LogP contribution in [0.2, 0.25) is 0 Å². The maximum absolute atomic E-state index is 6.03. The molecule has 132 valence electrons. The summed E-state index contributed by atoms with van der Waals surface area (Å²) in [5.74, 6) is 3.08. The molecule has 24 heavy (non-hydrogen) atoms. The van der Waals surface area contributed by atoms with Gasteiger partial charge in [0.05, 0.1) is 20.8 Å². The van der Waals surface area contributed by atoms with Gasteiger partial charge in [-0.05, 0) is 12.8 Å². The van der Waals surface area contributed by atoms with Crippen molar-refractivity contribution in [3.63, 3.8) is 0 Å². The Morgan fingerprint density at radius 1 is 0.792 bits per heavy atom. The zero-order valence-electron chi connectivity index (χ0n) is 14.6. The Kier molecular flexibility index (Phi) is 8.03. The molecule has 2 aromatic carbocycles. The average Bonchev–Trinajstić information content (AvgIpc) is 2.63. The zero-order chi connectivity index (χ0) is 17.2. The zero-order valence-corrected chi connectivity index (χ0v) is 15.4. The molecule has 0 saturated carbocycles. The fourth-order valence-electron chi connectivity index (χ4n) is 2.86. The molecule has 0 aliphatic carbocycles. The summed E-state index contributed by atoms with van der Waals surface area (Å²) in [6, 6.07) is 10.0. The number of fused-ring (bicyclic) bond motifs is 1. The first-order valence-corrected chi connectivity index (χ1v) is 9.17. The number of hydrogen-bond acceptors (Lipinski definition) is 3. The molecule has 0 unspecified atom stereocenters. The second-order valence-corrected chi connectivity index (χ2v) is 6.19. The summed E-state index contributed by atoms with van der Waals surface area (Å²) in [5, 5.41) is 2.06. The van der Waals surface area contributed by atoms with Crippen molar-refractivity contribution in [1.29, 1.82) is 0 Å². The van der Waals surface area contributed by atoms with E-state index in [0.717, 1.165) is 47.6 Å². The summed E-state index contributed by atoms with van der Waals surface area (Å²) in [6.07, 6.45) is 7.09. The molecule has 0 bridgehead atoms. The van der Waals surface area contributed by atoms with E-state index in [2.05, 4.69) is 6.07 Å². The van der Waals surface area contributed by atoms with Gasteiger partial charge in [-0.2, -0.15) is 0 Å². The van der Waals surface area contributed by atoms with Gasteiger partial charge in [-0.3, -0.25) is 0 Å². The maximum Gasteiger partial charge on any atom is 0.168 e. The Hall–Kier alpha value is -1.61. The van der Waals surface area contributed by atoms with Gasteiger partial charge in [0.25, 0.3) is 0 Å². The van der Waals surface area contributed by atoms with E-state index in [1.807, 2.05) is 24.3 Å². The number of benzene rings is 2. The lowest BCUT2D eigenvalue weighted by Gasteiger charge is -2.15. The van der Waals surface area contributed by atoms with E-state index < -0.39 is 0 Å². The van der Waals surface area contributed by atoms with Gasteiger partial charge in [-0.1, -0.05) is 49.9 Å². The van der Waals surface area contributed by atoms with Gasteiger partial charge in [-0.25, -0.2) is 0 Å². The largest absolute Gasteiger partial charge is 0.493 e. The van der Waals surface area contributed by atoms with E-state index in [-0.39, 0.29) is 0 Å². The minimum Gasteiger partial charge on any atom is -0.493 e. The third kappa shape index (κ3) is 4.94. The Morgan fingerprint density at radius 3 is 2.12 bits per heavy atom. The SMILES string of the molecule is COc1cc(OCCCCCCCCCl)c2ccccc2c1OC. The third-order valence-electron chi connectivity index (χ3n) is 4.13. The lowest BCUT2D eigenvalue weighted by molar-refractivity contribution is 0.303. The Morgan fingerprint density at radius 2 is 1.46 bits per heavy atom. The molecule has 2 aromatic rings. The average molecular weight is 351 g/mol. The van der Waals surface area contributed by atoms with E-state index in [4.69, 9.17) is 25.8 Å². The van der Waals surface area contributed by atoms with Gasteiger partial charge in [-0.15, -0.1) is 11.6 Å². The molecule has 0 spiro atoms. The van der Waals surface area contributed by atoms with Crippen LogP contribution in [0.4, 0.5) is 0 Å². The van der Waals surface area contributed by atoms with Crippen molar-refractivity contribution in [2.45, 2.75) is 38.5 Å². The number of alkyl halides is 1. The van der Waals surface area contributed by atoms with Crippen molar-refractivity contribution in [1.82, 2.24) is 0 Å². The summed E-state index contributed by atoms with van der Waals surface area (Å²) in [7, 11) is 3.31. The van der Waals surface area contributed by atoms with Crippen LogP contribution in [0.3, 0.4) is 0 Å². The molecule has 4 heteroatoms. The first-order valence-electron chi connectivity index (χ1n) is 8.64. The van der Waals surface area contributed by atoms with Crippen molar-refractivity contribution >= 4 is 22.4 Å². The monoisotopic (exact) mass is 350 g/mol. The molecule has 0 atom stereocenters. The molecule has 0 N–H and O–H groups in total. The summed E-state index contributed by atoms with van der Waals surface area (Å²) in [4.78, 5) is 0.